The van der Waals surface area contributed by atoms with E-state index in [0.717, 1.165) is 18.5 Å². The Morgan fingerprint density at radius 3 is 2.62 bits per heavy atom. The molecule has 0 aliphatic carbocycles. The average molecular weight is 342 g/mol. The molecule has 1 aliphatic heterocycles. The standard InChI is InChI=1S/C19H22N2O2S/c1-14(17-5-4-12-24-17)20(2)19(23)16-9-7-15(8-10-16)13-21-11-3-6-18(21)22/h4-5,7-10,12,14H,3,6,11,13H2,1-2H3/t14-/m0/s1. The molecule has 1 aromatic heterocycles. The van der Waals surface area contributed by atoms with Crippen LogP contribution in [0.5, 0.6) is 0 Å². The minimum atomic E-state index is 0.0136. The largest absolute Gasteiger partial charge is 0.338 e. The summed E-state index contributed by atoms with van der Waals surface area (Å²) in [4.78, 5) is 29.2. The van der Waals surface area contributed by atoms with Crippen LogP contribution in [0.3, 0.4) is 0 Å². The van der Waals surface area contributed by atoms with Crippen LogP contribution in [-0.4, -0.2) is 35.2 Å². The van der Waals surface area contributed by atoms with Gasteiger partial charge >= 0.3 is 0 Å². The molecule has 1 atom stereocenters. The maximum absolute atomic E-state index is 12.7. The first-order valence-corrected chi connectivity index (χ1v) is 9.11. The Hall–Kier alpha value is -2.14. The second-order valence-corrected chi connectivity index (χ2v) is 7.20. The van der Waals surface area contributed by atoms with Gasteiger partial charge in [-0.3, -0.25) is 9.59 Å². The number of benzene rings is 1. The summed E-state index contributed by atoms with van der Waals surface area (Å²) in [5, 5.41) is 2.03. The lowest BCUT2D eigenvalue weighted by molar-refractivity contribution is -0.128. The molecular formula is C19H22N2O2S. The van der Waals surface area contributed by atoms with Crippen LogP contribution in [0, 0.1) is 0 Å². The van der Waals surface area contributed by atoms with Crippen molar-refractivity contribution in [3.8, 4) is 0 Å². The SMILES string of the molecule is C[C@@H](c1cccs1)N(C)C(=O)c1ccc(CN2CCCC2=O)cc1. The Kier molecular flexibility index (Phi) is 5.00. The van der Waals surface area contributed by atoms with E-state index in [4.69, 9.17) is 0 Å². The number of nitrogens with zero attached hydrogens (tertiary/aromatic N) is 2. The third kappa shape index (κ3) is 3.51. The molecule has 0 saturated carbocycles. The molecule has 4 nitrogen and oxygen atoms in total. The van der Waals surface area contributed by atoms with E-state index in [1.54, 1.807) is 16.2 Å². The van der Waals surface area contributed by atoms with E-state index in [9.17, 15) is 9.59 Å². The van der Waals surface area contributed by atoms with E-state index in [1.165, 1.54) is 4.88 Å². The Morgan fingerprint density at radius 1 is 1.29 bits per heavy atom. The normalized spacial score (nSPS) is 15.6. The number of rotatable bonds is 5. The summed E-state index contributed by atoms with van der Waals surface area (Å²) >= 11 is 1.66. The van der Waals surface area contributed by atoms with Crippen molar-refractivity contribution >= 4 is 23.2 Å². The monoisotopic (exact) mass is 342 g/mol. The topological polar surface area (TPSA) is 40.6 Å². The number of thiophene rings is 1. The van der Waals surface area contributed by atoms with Crippen LogP contribution >= 0.6 is 11.3 Å². The van der Waals surface area contributed by atoms with Gasteiger partial charge in [0.05, 0.1) is 6.04 Å². The second kappa shape index (κ2) is 7.18. The molecule has 24 heavy (non-hydrogen) atoms. The Bertz CT molecular complexity index is 709. The number of hydrogen-bond donors (Lipinski definition) is 0. The molecule has 0 radical (unpaired) electrons. The van der Waals surface area contributed by atoms with Gasteiger partial charge in [0.1, 0.15) is 0 Å². The summed E-state index contributed by atoms with van der Waals surface area (Å²) < 4.78 is 0. The molecule has 1 fully saturated rings. The van der Waals surface area contributed by atoms with Crippen LogP contribution in [0.4, 0.5) is 0 Å². The van der Waals surface area contributed by atoms with Gasteiger partial charge in [-0.2, -0.15) is 0 Å². The second-order valence-electron chi connectivity index (χ2n) is 6.22. The molecule has 0 N–H and O–H groups in total. The van der Waals surface area contributed by atoms with E-state index < -0.39 is 0 Å². The van der Waals surface area contributed by atoms with Crippen LogP contribution in [-0.2, 0) is 11.3 Å². The van der Waals surface area contributed by atoms with E-state index >= 15 is 0 Å². The van der Waals surface area contributed by atoms with Gasteiger partial charge in [0, 0.05) is 37.0 Å². The van der Waals surface area contributed by atoms with Crippen molar-refractivity contribution in [3.63, 3.8) is 0 Å². The molecular weight excluding hydrogens is 320 g/mol. The quantitative estimate of drug-likeness (QED) is 0.831. The first kappa shape index (κ1) is 16.7. The highest BCUT2D eigenvalue weighted by Crippen LogP contribution is 2.25. The fourth-order valence-corrected chi connectivity index (χ4v) is 3.77. The zero-order chi connectivity index (χ0) is 17.1. The molecule has 0 bridgehead atoms. The van der Waals surface area contributed by atoms with Crippen molar-refractivity contribution in [2.45, 2.75) is 32.4 Å². The van der Waals surface area contributed by atoms with Gasteiger partial charge in [0.2, 0.25) is 5.91 Å². The molecule has 1 saturated heterocycles. The summed E-state index contributed by atoms with van der Waals surface area (Å²) in [6, 6.07) is 11.7. The number of carbonyl (C=O) groups excluding carboxylic acids is 2. The molecule has 1 aromatic carbocycles. The van der Waals surface area contributed by atoms with Crippen LogP contribution in [0.25, 0.3) is 0 Å². The lowest BCUT2D eigenvalue weighted by atomic mass is 10.1. The van der Waals surface area contributed by atoms with Gasteiger partial charge in [-0.25, -0.2) is 0 Å². The van der Waals surface area contributed by atoms with Gasteiger partial charge in [-0.1, -0.05) is 18.2 Å². The Labute approximate surface area is 146 Å². The molecule has 2 aromatic rings. The predicted octanol–water partition coefficient (Wildman–Crippen LogP) is 3.70. The number of likely N-dealkylation sites (tertiary alicyclic amines) is 1. The smallest absolute Gasteiger partial charge is 0.254 e. The Morgan fingerprint density at radius 2 is 2.04 bits per heavy atom. The number of amides is 2. The van der Waals surface area contributed by atoms with Crippen molar-refractivity contribution in [2.75, 3.05) is 13.6 Å². The summed E-state index contributed by atoms with van der Waals surface area (Å²) in [5.41, 5.74) is 1.74. The van der Waals surface area contributed by atoms with Crippen molar-refractivity contribution in [1.29, 1.82) is 0 Å². The van der Waals surface area contributed by atoms with E-state index in [2.05, 4.69) is 6.07 Å². The fourth-order valence-electron chi connectivity index (χ4n) is 2.94. The van der Waals surface area contributed by atoms with Crippen LogP contribution in [0.2, 0.25) is 0 Å². The molecule has 2 amide bonds. The summed E-state index contributed by atoms with van der Waals surface area (Å²) in [7, 11) is 1.84. The Balaban J connectivity index is 1.66. The highest BCUT2D eigenvalue weighted by molar-refractivity contribution is 7.10. The van der Waals surface area contributed by atoms with E-state index in [0.29, 0.717) is 18.5 Å². The lowest BCUT2D eigenvalue weighted by Gasteiger charge is -2.24. The van der Waals surface area contributed by atoms with Gasteiger partial charge in [-0.05, 0) is 42.5 Å². The average Bonchev–Trinajstić information content (AvgIpc) is 3.26. The van der Waals surface area contributed by atoms with Crippen molar-refractivity contribution in [1.82, 2.24) is 9.80 Å². The van der Waals surface area contributed by atoms with Gasteiger partial charge in [0.15, 0.2) is 0 Å². The maximum Gasteiger partial charge on any atom is 0.254 e. The summed E-state index contributed by atoms with van der Waals surface area (Å²) in [6.45, 7) is 3.51. The number of carbonyl (C=O) groups is 2. The zero-order valence-corrected chi connectivity index (χ0v) is 14.9. The predicted molar refractivity (Wildman–Crippen MR) is 95.9 cm³/mol. The summed E-state index contributed by atoms with van der Waals surface area (Å²) in [5.74, 6) is 0.236. The highest BCUT2D eigenvalue weighted by atomic mass is 32.1. The third-order valence-electron chi connectivity index (χ3n) is 4.60. The zero-order valence-electron chi connectivity index (χ0n) is 14.1. The summed E-state index contributed by atoms with van der Waals surface area (Å²) in [6.07, 6.45) is 1.60. The first-order chi connectivity index (χ1) is 11.6. The van der Waals surface area contributed by atoms with Crippen molar-refractivity contribution in [3.05, 3.63) is 57.8 Å². The van der Waals surface area contributed by atoms with Crippen molar-refractivity contribution in [2.24, 2.45) is 0 Å². The molecule has 126 valence electrons. The first-order valence-electron chi connectivity index (χ1n) is 8.23. The molecule has 0 unspecified atom stereocenters. The molecule has 2 heterocycles. The molecule has 1 aliphatic rings. The third-order valence-corrected chi connectivity index (χ3v) is 5.64. The van der Waals surface area contributed by atoms with Gasteiger partial charge in [-0.15, -0.1) is 11.3 Å². The van der Waals surface area contributed by atoms with Crippen LogP contribution in [0.15, 0.2) is 41.8 Å². The lowest BCUT2D eigenvalue weighted by Crippen LogP contribution is -2.29. The van der Waals surface area contributed by atoms with Crippen molar-refractivity contribution < 1.29 is 9.59 Å². The van der Waals surface area contributed by atoms with Crippen LogP contribution < -0.4 is 0 Å². The minimum absolute atomic E-state index is 0.0136. The molecule has 0 spiro atoms. The molecule has 5 heteroatoms. The van der Waals surface area contributed by atoms with E-state index in [-0.39, 0.29) is 17.9 Å². The number of hydrogen-bond acceptors (Lipinski definition) is 3. The van der Waals surface area contributed by atoms with Crippen LogP contribution in [0.1, 0.15) is 46.6 Å². The minimum Gasteiger partial charge on any atom is -0.338 e. The molecule has 3 rings (SSSR count). The van der Waals surface area contributed by atoms with E-state index in [1.807, 2.05) is 54.6 Å². The van der Waals surface area contributed by atoms with Gasteiger partial charge < -0.3 is 9.80 Å². The fraction of sp³-hybridized carbons (Fsp3) is 0.368. The maximum atomic E-state index is 12.7. The van der Waals surface area contributed by atoms with Gasteiger partial charge in [0.25, 0.3) is 5.91 Å². The highest BCUT2D eigenvalue weighted by Gasteiger charge is 2.21.